The Balaban J connectivity index is 1.95. The van der Waals surface area contributed by atoms with Crippen LogP contribution in [-0.4, -0.2) is 6.10 Å². The quantitative estimate of drug-likeness (QED) is 0.722. The molecule has 2 heteroatoms. The van der Waals surface area contributed by atoms with Crippen LogP contribution in [0.4, 0.5) is 0 Å². The minimum absolute atomic E-state index is 0.149. The van der Waals surface area contributed by atoms with E-state index in [9.17, 15) is 5.11 Å². The molecule has 14 heavy (non-hydrogen) atoms. The normalized spacial score (nSPS) is 17.2. The summed E-state index contributed by atoms with van der Waals surface area (Å²) < 4.78 is 5.77. The molecule has 2 nitrogen and oxygen atoms in total. The van der Waals surface area contributed by atoms with Crippen LogP contribution in [0.15, 0.2) is 24.3 Å². The molecular weight excluding hydrogens is 176 g/mol. The minimum atomic E-state index is -0.149. The summed E-state index contributed by atoms with van der Waals surface area (Å²) in [6.07, 6.45) is 5.30. The molecule has 1 aliphatic carbocycles. The number of ether oxygens (including phenoxy) is 1. The molecule has 0 atom stereocenters. The summed E-state index contributed by atoms with van der Waals surface area (Å²) in [5.74, 6) is 0.897. The number of hydrogen-bond acceptors (Lipinski definition) is 1. The molecular formula is C12H15O2. The maximum Gasteiger partial charge on any atom is 0.119 e. The molecule has 0 aliphatic heterocycles. The lowest BCUT2D eigenvalue weighted by Gasteiger charge is -2.12. The molecule has 0 heterocycles. The lowest BCUT2D eigenvalue weighted by Crippen LogP contribution is -2.10. The second-order valence-corrected chi connectivity index (χ2v) is 3.81. The first-order valence-corrected chi connectivity index (χ1v) is 5.22. The molecule has 2 rings (SSSR count). The van der Waals surface area contributed by atoms with Gasteiger partial charge in [0.15, 0.2) is 0 Å². The van der Waals surface area contributed by atoms with Gasteiger partial charge in [0.2, 0.25) is 0 Å². The highest BCUT2D eigenvalue weighted by Gasteiger charge is 2.16. The van der Waals surface area contributed by atoms with Crippen LogP contribution in [0.5, 0.6) is 5.75 Å². The summed E-state index contributed by atoms with van der Waals surface area (Å²) in [5.41, 5.74) is 0.823. The molecule has 0 N–H and O–H groups in total. The van der Waals surface area contributed by atoms with Crippen molar-refractivity contribution in [3.63, 3.8) is 0 Å². The summed E-state index contributed by atoms with van der Waals surface area (Å²) in [6.45, 7) is -0.149. The van der Waals surface area contributed by atoms with Gasteiger partial charge in [-0.3, -0.25) is 0 Å². The van der Waals surface area contributed by atoms with Gasteiger partial charge in [-0.05, 0) is 43.4 Å². The molecule has 0 aromatic heterocycles. The van der Waals surface area contributed by atoms with E-state index in [1.165, 1.54) is 25.7 Å². The molecule has 1 aliphatic rings. The molecule has 1 saturated carbocycles. The summed E-state index contributed by atoms with van der Waals surface area (Å²) in [6, 6.07) is 7.48. The van der Waals surface area contributed by atoms with Crippen molar-refractivity contribution in [1.82, 2.24) is 0 Å². The van der Waals surface area contributed by atoms with Crippen LogP contribution in [0.25, 0.3) is 0 Å². The lowest BCUT2D eigenvalue weighted by atomic mass is 10.2. The fourth-order valence-electron chi connectivity index (χ4n) is 1.86. The minimum Gasteiger partial charge on any atom is -0.490 e. The Labute approximate surface area is 84.5 Å². The van der Waals surface area contributed by atoms with Crippen LogP contribution in [0.2, 0.25) is 0 Å². The van der Waals surface area contributed by atoms with Crippen molar-refractivity contribution in [3.05, 3.63) is 29.8 Å². The van der Waals surface area contributed by atoms with E-state index in [0.717, 1.165) is 11.3 Å². The predicted molar refractivity (Wildman–Crippen MR) is 53.7 cm³/mol. The van der Waals surface area contributed by atoms with Gasteiger partial charge in [-0.15, -0.1) is 0 Å². The Morgan fingerprint density at radius 2 is 1.79 bits per heavy atom. The highest BCUT2D eigenvalue weighted by atomic mass is 16.5. The SMILES string of the molecule is [O]Cc1ccc(OC2CCCC2)cc1. The lowest BCUT2D eigenvalue weighted by molar-refractivity contribution is 0.177. The van der Waals surface area contributed by atoms with Crippen LogP contribution in [-0.2, 0) is 11.7 Å². The Hall–Kier alpha value is -1.02. The van der Waals surface area contributed by atoms with E-state index in [4.69, 9.17) is 4.74 Å². The topological polar surface area (TPSA) is 29.1 Å². The molecule has 1 radical (unpaired) electrons. The van der Waals surface area contributed by atoms with E-state index in [1.807, 2.05) is 24.3 Å². The zero-order chi connectivity index (χ0) is 9.80. The highest BCUT2D eigenvalue weighted by molar-refractivity contribution is 5.27. The summed E-state index contributed by atoms with van der Waals surface area (Å²) in [4.78, 5) is 0. The summed E-state index contributed by atoms with van der Waals surface area (Å²) in [7, 11) is 0. The van der Waals surface area contributed by atoms with Crippen LogP contribution < -0.4 is 4.74 Å². The number of rotatable bonds is 3. The van der Waals surface area contributed by atoms with Crippen molar-refractivity contribution in [2.45, 2.75) is 38.4 Å². The van der Waals surface area contributed by atoms with Gasteiger partial charge in [-0.25, -0.2) is 5.11 Å². The molecule has 1 aromatic rings. The Bertz CT molecular complexity index is 273. The first-order chi connectivity index (χ1) is 6.88. The van der Waals surface area contributed by atoms with Gasteiger partial charge in [-0.1, -0.05) is 12.1 Å². The molecule has 1 fully saturated rings. The van der Waals surface area contributed by atoms with E-state index < -0.39 is 0 Å². The van der Waals surface area contributed by atoms with Crippen molar-refractivity contribution < 1.29 is 9.84 Å². The van der Waals surface area contributed by atoms with Gasteiger partial charge < -0.3 is 4.74 Å². The zero-order valence-electron chi connectivity index (χ0n) is 8.24. The second kappa shape index (κ2) is 4.47. The smallest absolute Gasteiger partial charge is 0.119 e. The largest absolute Gasteiger partial charge is 0.490 e. The van der Waals surface area contributed by atoms with Crippen molar-refractivity contribution in [3.8, 4) is 5.75 Å². The maximum absolute atomic E-state index is 10.5. The summed E-state index contributed by atoms with van der Waals surface area (Å²) in [5, 5.41) is 10.5. The molecule has 75 valence electrons. The van der Waals surface area contributed by atoms with Gasteiger partial charge in [0.25, 0.3) is 0 Å². The van der Waals surface area contributed by atoms with Crippen LogP contribution >= 0.6 is 0 Å². The highest BCUT2D eigenvalue weighted by Crippen LogP contribution is 2.24. The van der Waals surface area contributed by atoms with E-state index in [2.05, 4.69) is 0 Å². The predicted octanol–water partition coefficient (Wildman–Crippen LogP) is 2.94. The van der Waals surface area contributed by atoms with Crippen molar-refractivity contribution in [2.75, 3.05) is 0 Å². The third-order valence-electron chi connectivity index (χ3n) is 2.69. The number of hydrogen-bond donors (Lipinski definition) is 0. The van der Waals surface area contributed by atoms with Crippen molar-refractivity contribution in [1.29, 1.82) is 0 Å². The summed E-state index contributed by atoms with van der Waals surface area (Å²) >= 11 is 0. The third kappa shape index (κ3) is 2.26. The monoisotopic (exact) mass is 191 g/mol. The molecule has 0 amide bonds. The van der Waals surface area contributed by atoms with Gasteiger partial charge in [-0.2, -0.15) is 0 Å². The van der Waals surface area contributed by atoms with Gasteiger partial charge in [0.05, 0.1) is 6.10 Å². The molecule has 1 aromatic carbocycles. The Morgan fingerprint density at radius 3 is 2.36 bits per heavy atom. The first kappa shape index (κ1) is 9.53. The van der Waals surface area contributed by atoms with Gasteiger partial charge >= 0.3 is 0 Å². The number of benzene rings is 1. The zero-order valence-corrected chi connectivity index (χ0v) is 8.24. The molecule has 0 spiro atoms. The Morgan fingerprint density at radius 1 is 1.14 bits per heavy atom. The Kier molecular flexibility index (Phi) is 3.04. The second-order valence-electron chi connectivity index (χ2n) is 3.81. The van der Waals surface area contributed by atoms with E-state index in [1.54, 1.807) is 0 Å². The molecule has 0 bridgehead atoms. The standard InChI is InChI=1S/C12H15O2/c13-9-10-5-7-12(8-6-10)14-11-3-1-2-4-11/h5-8,11H,1-4,9H2. The fourth-order valence-corrected chi connectivity index (χ4v) is 1.86. The van der Waals surface area contributed by atoms with Crippen LogP contribution in [0, 0.1) is 0 Å². The molecule has 0 unspecified atom stereocenters. The average molecular weight is 191 g/mol. The van der Waals surface area contributed by atoms with Crippen molar-refractivity contribution in [2.24, 2.45) is 0 Å². The third-order valence-corrected chi connectivity index (χ3v) is 2.69. The van der Waals surface area contributed by atoms with E-state index >= 15 is 0 Å². The van der Waals surface area contributed by atoms with E-state index in [0.29, 0.717) is 6.10 Å². The van der Waals surface area contributed by atoms with E-state index in [-0.39, 0.29) is 6.61 Å². The van der Waals surface area contributed by atoms with Gasteiger partial charge in [0, 0.05) is 0 Å². The average Bonchev–Trinajstić information content (AvgIpc) is 2.72. The fraction of sp³-hybridized carbons (Fsp3) is 0.500. The maximum atomic E-state index is 10.5. The van der Waals surface area contributed by atoms with Gasteiger partial charge in [0.1, 0.15) is 12.4 Å². The van der Waals surface area contributed by atoms with Crippen LogP contribution in [0.3, 0.4) is 0 Å². The van der Waals surface area contributed by atoms with Crippen LogP contribution in [0.1, 0.15) is 31.2 Å². The molecule has 0 saturated heterocycles. The van der Waals surface area contributed by atoms with Crippen molar-refractivity contribution >= 4 is 0 Å². The first-order valence-electron chi connectivity index (χ1n) is 5.22.